The number of aromatic amines is 1. The summed E-state index contributed by atoms with van der Waals surface area (Å²) in [5.41, 5.74) is 3.86. The summed E-state index contributed by atoms with van der Waals surface area (Å²) < 4.78 is 19.0. The maximum absolute atomic E-state index is 13.6. The first kappa shape index (κ1) is 18.8. The van der Waals surface area contributed by atoms with Gasteiger partial charge in [-0.25, -0.2) is 4.39 Å². The molecule has 0 unspecified atom stereocenters. The molecule has 0 spiro atoms. The maximum atomic E-state index is 13.6. The van der Waals surface area contributed by atoms with Crippen LogP contribution in [0.3, 0.4) is 0 Å². The highest BCUT2D eigenvalue weighted by Gasteiger charge is 2.08. The van der Waals surface area contributed by atoms with Gasteiger partial charge >= 0.3 is 0 Å². The van der Waals surface area contributed by atoms with E-state index in [1.54, 1.807) is 0 Å². The quantitative estimate of drug-likeness (QED) is 0.604. The van der Waals surface area contributed by atoms with Crippen molar-refractivity contribution in [2.45, 2.75) is 47.1 Å². The minimum absolute atomic E-state index is 0.0179. The lowest BCUT2D eigenvalue weighted by Gasteiger charge is -2.08. The summed E-state index contributed by atoms with van der Waals surface area (Å²) in [5.74, 6) is -0.267. The molecule has 6 heteroatoms. The molecule has 0 aliphatic carbocycles. The first-order valence-corrected chi connectivity index (χ1v) is 7.82. The molecule has 23 heavy (non-hydrogen) atoms. The van der Waals surface area contributed by atoms with E-state index in [0.717, 1.165) is 24.2 Å². The summed E-state index contributed by atoms with van der Waals surface area (Å²) in [7, 11) is 0. The summed E-state index contributed by atoms with van der Waals surface area (Å²) in [6.45, 7) is 8.35. The largest absolute Gasteiger partial charge is 0.490 e. The molecule has 0 atom stereocenters. The number of nitrogens with one attached hydrogen (secondary N) is 1. The van der Waals surface area contributed by atoms with Gasteiger partial charge in [-0.15, -0.1) is 0 Å². The highest BCUT2D eigenvalue weighted by atomic mass is 19.1. The Kier molecular flexibility index (Phi) is 7.94. The molecule has 126 valence electrons. The van der Waals surface area contributed by atoms with Crippen LogP contribution in [0.25, 0.3) is 0 Å². The smallest absolute Gasteiger partial charge is 0.165 e. The zero-order chi connectivity index (χ0) is 17.2. The topological polar surface area (TPSA) is 67.3 Å². The number of aromatic nitrogens is 2. The van der Waals surface area contributed by atoms with Crippen molar-refractivity contribution in [1.82, 2.24) is 10.2 Å². The van der Waals surface area contributed by atoms with Crippen LogP contribution in [0.1, 0.15) is 42.8 Å². The zero-order valence-corrected chi connectivity index (χ0v) is 14.1. The Morgan fingerprint density at radius 1 is 1.30 bits per heavy atom. The number of H-pyrrole nitrogens is 1. The summed E-state index contributed by atoms with van der Waals surface area (Å²) >= 11 is 0. The van der Waals surface area contributed by atoms with Gasteiger partial charge in [-0.05, 0) is 49.9 Å². The molecule has 5 nitrogen and oxygen atoms in total. The number of benzene rings is 1. The summed E-state index contributed by atoms with van der Waals surface area (Å²) in [5, 5.41) is 9.86. The molecule has 0 amide bonds. The highest BCUT2D eigenvalue weighted by molar-refractivity contribution is 5.30. The first-order valence-electron chi connectivity index (χ1n) is 7.82. The molecule has 0 fully saturated rings. The minimum atomic E-state index is -0.430. The van der Waals surface area contributed by atoms with Crippen molar-refractivity contribution >= 4 is 0 Å². The van der Waals surface area contributed by atoms with Crippen LogP contribution in [0, 0.1) is 24.6 Å². The van der Waals surface area contributed by atoms with Gasteiger partial charge in [0.15, 0.2) is 11.6 Å². The van der Waals surface area contributed by atoms with Gasteiger partial charge in [-0.3, -0.25) is 5.10 Å². The van der Waals surface area contributed by atoms with E-state index in [-0.39, 0.29) is 12.3 Å². The lowest BCUT2D eigenvalue weighted by atomic mass is 10.1. The summed E-state index contributed by atoms with van der Waals surface area (Å²) in [6.07, 6.45) is 1.59. The van der Waals surface area contributed by atoms with Crippen LogP contribution < -0.4 is 4.74 Å². The van der Waals surface area contributed by atoms with Crippen molar-refractivity contribution in [2.75, 3.05) is 6.61 Å². The number of hydrogen-bond donors (Lipinski definition) is 1. The Morgan fingerprint density at radius 2 is 2.04 bits per heavy atom. The lowest BCUT2D eigenvalue weighted by molar-refractivity contribution is 0.295. The lowest BCUT2D eigenvalue weighted by Crippen LogP contribution is -2.02. The van der Waals surface area contributed by atoms with E-state index in [1.165, 1.54) is 23.8 Å². The van der Waals surface area contributed by atoms with Gasteiger partial charge in [0.2, 0.25) is 0 Å². The highest BCUT2D eigenvalue weighted by Crippen LogP contribution is 2.20. The van der Waals surface area contributed by atoms with Crippen molar-refractivity contribution < 1.29 is 9.13 Å². The molecule has 2 aromatic rings. The fourth-order valence-electron chi connectivity index (χ4n) is 2.20. The van der Waals surface area contributed by atoms with Crippen LogP contribution in [-0.4, -0.2) is 16.8 Å². The number of nitrogens with zero attached hydrogens (tertiary/aromatic N) is 2. The summed E-state index contributed by atoms with van der Waals surface area (Å²) in [6, 6.07) is 4.34. The number of hydrogen-bond acceptors (Lipinski definition) is 4. The van der Waals surface area contributed by atoms with Gasteiger partial charge in [0, 0.05) is 5.69 Å². The zero-order valence-electron chi connectivity index (χ0n) is 14.1. The maximum Gasteiger partial charge on any atom is 0.165 e. The summed E-state index contributed by atoms with van der Waals surface area (Å²) in [4.78, 5) is 10.2. The number of rotatable bonds is 7. The molecule has 0 saturated heterocycles. The second kappa shape index (κ2) is 9.71. The predicted octanol–water partition coefficient (Wildman–Crippen LogP) is 4.47. The van der Waals surface area contributed by atoms with Gasteiger partial charge in [-0.2, -0.15) is 10.0 Å². The third kappa shape index (κ3) is 5.47. The molecule has 0 aliphatic rings. The van der Waals surface area contributed by atoms with E-state index in [0.29, 0.717) is 12.2 Å². The van der Waals surface area contributed by atoms with Crippen LogP contribution in [0.5, 0.6) is 5.75 Å². The van der Waals surface area contributed by atoms with Crippen molar-refractivity contribution in [3.8, 4) is 5.75 Å². The fourth-order valence-corrected chi connectivity index (χ4v) is 2.20. The second-order valence-corrected chi connectivity index (χ2v) is 4.92. The van der Waals surface area contributed by atoms with Crippen LogP contribution >= 0.6 is 0 Å². The Bertz CT molecular complexity index is 607. The van der Waals surface area contributed by atoms with Gasteiger partial charge < -0.3 is 4.74 Å². The third-order valence-corrected chi connectivity index (χ3v) is 3.35. The molecule has 1 heterocycles. The van der Waals surface area contributed by atoms with E-state index >= 15 is 0 Å². The average Bonchev–Trinajstić information content (AvgIpc) is 2.88. The predicted molar refractivity (Wildman–Crippen MR) is 89.1 cm³/mol. The van der Waals surface area contributed by atoms with E-state index in [1.807, 2.05) is 27.7 Å². The van der Waals surface area contributed by atoms with E-state index < -0.39 is 5.82 Å². The monoisotopic (exact) mass is 321 g/mol. The molecule has 2 rings (SSSR count). The molecule has 0 saturated carbocycles. The molecule has 0 aliphatic heterocycles. The van der Waals surface area contributed by atoms with E-state index in [9.17, 15) is 9.30 Å². The van der Waals surface area contributed by atoms with Crippen molar-refractivity contribution in [3.63, 3.8) is 0 Å². The van der Waals surface area contributed by atoms with Crippen LogP contribution in [0.4, 0.5) is 4.39 Å². The van der Waals surface area contributed by atoms with Crippen LogP contribution in [-0.2, 0) is 13.0 Å². The van der Waals surface area contributed by atoms with Crippen molar-refractivity contribution in [1.29, 1.82) is 0 Å². The molecule has 1 aromatic carbocycles. The van der Waals surface area contributed by atoms with Gasteiger partial charge in [0.1, 0.15) is 6.54 Å². The normalized spacial score (nSPS) is 9.96. The number of halogens is 1. The Morgan fingerprint density at radius 3 is 2.65 bits per heavy atom. The second-order valence-electron chi connectivity index (χ2n) is 4.92. The number of aryl methyl sites for hydroxylation is 2. The SMILES string of the molecule is CC.Cc1n[nH]c(C)c1CCCOc1cc(CN=O)ccc1F. The third-order valence-electron chi connectivity index (χ3n) is 3.35. The first-order chi connectivity index (χ1) is 11.1. The Balaban J connectivity index is 0.00000127. The molecule has 1 aromatic heterocycles. The van der Waals surface area contributed by atoms with E-state index in [4.69, 9.17) is 4.74 Å². The molecule has 0 bridgehead atoms. The standard InChI is InChI=1S/C15H18FN3O2.C2H6/c1-10-13(11(2)19-18-10)4-3-7-21-15-8-12(9-17-20)5-6-14(15)16;1-2/h5-6,8H,3-4,7,9H2,1-2H3,(H,18,19);1-2H3. The van der Waals surface area contributed by atoms with Gasteiger partial charge in [0.25, 0.3) is 0 Å². The van der Waals surface area contributed by atoms with Gasteiger partial charge in [-0.1, -0.05) is 25.1 Å². The Hall–Kier alpha value is -2.24. The van der Waals surface area contributed by atoms with E-state index in [2.05, 4.69) is 15.4 Å². The Labute approximate surface area is 136 Å². The minimum Gasteiger partial charge on any atom is -0.490 e. The van der Waals surface area contributed by atoms with Crippen molar-refractivity contribution in [3.05, 3.63) is 51.4 Å². The average molecular weight is 321 g/mol. The number of nitroso groups, excluding NO2 is 1. The number of ether oxygens (including phenoxy) is 1. The molecular weight excluding hydrogens is 297 g/mol. The van der Waals surface area contributed by atoms with Gasteiger partial charge in [0.05, 0.1) is 12.3 Å². The van der Waals surface area contributed by atoms with Crippen LogP contribution in [0.2, 0.25) is 0 Å². The molecular formula is C17H24FN3O2. The fraction of sp³-hybridized carbons (Fsp3) is 0.471. The molecule has 1 N–H and O–H groups in total. The van der Waals surface area contributed by atoms with Crippen molar-refractivity contribution in [2.24, 2.45) is 5.18 Å². The molecule has 0 radical (unpaired) electrons. The van der Waals surface area contributed by atoms with Crippen LogP contribution in [0.15, 0.2) is 23.4 Å².